The van der Waals surface area contributed by atoms with Crippen molar-refractivity contribution in [2.24, 2.45) is 0 Å². The molecule has 1 aromatic carbocycles. The molecule has 0 bridgehead atoms. The van der Waals surface area contributed by atoms with Crippen LogP contribution in [0.4, 0.5) is 0 Å². The normalized spacial score (nSPS) is 12.1. The second-order valence-corrected chi connectivity index (χ2v) is 4.61. The van der Waals surface area contributed by atoms with Gasteiger partial charge >= 0.3 is 0 Å². The summed E-state index contributed by atoms with van der Waals surface area (Å²) in [6, 6.07) is 10.1. The fraction of sp³-hybridized carbons (Fsp3) is 0.533. The zero-order valence-corrected chi connectivity index (χ0v) is 11.8. The SMILES string of the molecule is COCCNCCNC(=O)CC(C)c1ccccc1. The van der Waals surface area contributed by atoms with Crippen LogP contribution in [-0.4, -0.2) is 39.3 Å². The number of amides is 1. The first-order valence-electron chi connectivity index (χ1n) is 6.75. The highest BCUT2D eigenvalue weighted by molar-refractivity contribution is 5.76. The highest BCUT2D eigenvalue weighted by Crippen LogP contribution is 2.17. The van der Waals surface area contributed by atoms with Gasteiger partial charge in [-0.25, -0.2) is 0 Å². The van der Waals surface area contributed by atoms with Crippen LogP contribution < -0.4 is 10.6 Å². The van der Waals surface area contributed by atoms with Crippen molar-refractivity contribution >= 4 is 5.91 Å². The maximum absolute atomic E-state index is 11.8. The fourth-order valence-electron chi connectivity index (χ4n) is 1.84. The lowest BCUT2D eigenvalue weighted by molar-refractivity contribution is -0.121. The summed E-state index contributed by atoms with van der Waals surface area (Å²) in [4.78, 5) is 11.8. The molecule has 1 aromatic rings. The summed E-state index contributed by atoms with van der Waals surface area (Å²) in [6.45, 7) is 5.01. The maximum Gasteiger partial charge on any atom is 0.220 e. The number of hydrogen-bond acceptors (Lipinski definition) is 3. The number of ether oxygens (including phenoxy) is 1. The van der Waals surface area contributed by atoms with Crippen LogP contribution in [0, 0.1) is 0 Å². The van der Waals surface area contributed by atoms with Gasteiger partial charge < -0.3 is 15.4 Å². The maximum atomic E-state index is 11.8. The first-order valence-corrected chi connectivity index (χ1v) is 6.75. The van der Waals surface area contributed by atoms with E-state index < -0.39 is 0 Å². The van der Waals surface area contributed by atoms with Crippen molar-refractivity contribution in [3.63, 3.8) is 0 Å². The minimum atomic E-state index is 0.102. The molecule has 0 aromatic heterocycles. The second kappa shape index (κ2) is 9.53. The number of carbonyl (C=O) groups excluding carboxylic acids is 1. The van der Waals surface area contributed by atoms with Gasteiger partial charge in [-0.15, -0.1) is 0 Å². The van der Waals surface area contributed by atoms with Crippen LogP contribution in [0.2, 0.25) is 0 Å². The molecule has 2 N–H and O–H groups in total. The Bertz CT molecular complexity index is 354. The third-order valence-electron chi connectivity index (χ3n) is 2.97. The average Bonchev–Trinajstić information content (AvgIpc) is 2.43. The lowest BCUT2D eigenvalue weighted by Crippen LogP contribution is -2.33. The van der Waals surface area contributed by atoms with E-state index in [1.807, 2.05) is 18.2 Å². The van der Waals surface area contributed by atoms with Crippen LogP contribution in [-0.2, 0) is 9.53 Å². The van der Waals surface area contributed by atoms with Crippen LogP contribution in [0.15, 0.2) is 30.3 Å². The van der Waals surface area contributed by atoms with Crippen molar-refractivity contribution < 1.29 is 9.53 Å². The average molecular weight is 264 g/mol. The molecule has 19 heavy (non-hydrogen) atoms. The standard InChI is InChI=1S/C15H24N2O2/c1-13(14-6-4-3-5-7-14)12-15(18)17-9-8-16-10-11-19-2/h3-7,13,16H,8-12H2,1-2H3,(H,17,18). The van der Waals surface area contributed by atoms with E-state index in [0.29, 0.717) is 19.6 Å². The summed E-state index contributed by atoms with van der Waals surface area (Å²) >= 11 is 0. The summed E-state index contributed by atoms with van der Waals surface area (Å²) in [6.07, 6.45) is 0.530. The van der Waals surface area contributed by atoms with E-state index in [4.69, 9.17) is 4.74 Å². The predicted octanol–water partition coefficient (Wildman–Crippen LogP) is 1.53. The quantitative estimate of drug-likeness (QED) is 0.665. The van der Waals surface area contributed by atoms with Gasteiger partial charge in [-0.1, -0.05) is 37.3 Å². The Morgan fingerprint density at radius 2 is 1.95 bits per heavy atom. The summed E-state index contributed by atoms with van der Waals surface area (Å²) < 4.78 is 4.92. The van der Waals surface area contributed by atoms with E-state index in [9.17, 15) is 4.79 Å². The van der Waals surface area contributed by atoms with Crippen LogP contribution in [0.25, 0.3) is 0 Å². The Morgan fingerprint density at radius 1 is 1.21 bits per heavy atom. The van der Waals surface area contributed by atoms with Crippen LogP contribution >= 0.6 is 0 Å². The van der Waals surface area contributed by atoms with Crippen molar-refractivity contribution in [3.8, 4) is 0 Å². The predicted molar refractivity (Wildman–Crippen MR) is 77.2 cm³/mol. The van der Waals surface area contributed by atoms with Gasteiger partial charge in [-0.2, -0.15) is 0 Å². The number of methoxy groups -OCH3 is 1. The lowest BCUT2D eigenvalue weighted by Gasteiger charge is -2.12. The number of carbonyl (C=O) groups is 1. The fourth-order valence-corrected chi connectivity index (χ4v) is 1.84. The van der Waals surface area contributed by atoms with Gasteiger partial charge in [-0.05, 0) is 11.5 Å². The van der Waals surface area contributed by atoms with Crippen molar-refractivity contribution in [2.75, 3.05) is 33.4 Å². The summed E-state index contributed by atoms with van der Waals surface area (Å²) in [5.74, 6) is 0.354. The topological polar surface area (TPSA) is 50.4 Å². The molecule has 0 aliphatic heterocycles. The summed E-state index contributed by atoms with van der Waals surface area (Å²) in [7, 11) is 1.68. The first-order chi connectivity index (χ1) is 9.24. The summed E-state index contributed by atoms with van der Waals surface area (Å²) in [5.41, 5.74) is 1.20. The van der Waals surface area contributed by atoms with Crippen molar-refractivity contribution in [3.05, 3.63) is 35.9 Å². The molecule has 0 spiro atoms. The zero-order valence-electron chi connectivity index (χ0n) is 11.8. The molecule has 0 saturated heterocycles. The van der Waals surface area contributed by atoms with E-state index in [1.165, 1.54) is 5.56 Å². The Kier molecular flexibility index (Phi) is 7.86. The first kappa shape index (κ1) is 15.7. The molecule has 0 radical (unpaired) electrons. The molecule has 1 rings (SSSR count). The molecule has 1 amide bonds. The van der Waals surface area contributed by atoms with Gasteiger partial charge in [0.2, 0.25) is 5.91 Å². The van der Waals surface area contributed by atoms with Crippen LogP contribution in [0.3, 0.4) is 0 Å². The summed E-state index contributed by atoms with van der Waals surface area (Å²) in [5, 5.41) is 6.10. The Morgan fingerprint density at radius 3 is 2.63 bits per heavy atom. The molecule has 106 valence electrons. The Hall–Kier alpha value is -1.39. The number of benzene rings is 1. The highest BCUT2D eigenvalue weighted by atomic mass is 16.5. The zero-order chi connectivity index (χ0) is 13.9. The molecule has 0 saturated carbocycles. The van der Waals surface area contributed by atoms with Gasteiger partial charge in [0.15, 0.2) is 0 Å². The Balaban J connectivity index is 2.14. The highest BCUT2D eigenvalue weighted by Gasteiger charge is 2.10. The molecule has 4 heteroatoms. The van der Waals surface area contributed by atoms with E-state index in [-0.39, 0.29) is 11.8 Å². The number of nitrogens with one attached hydrogen (secondary N) is 2. The van der Waals surface area contributed by atoms with E-state index in [0.717, 1.165) is 13.1 Å². The van der Waals surface area contributed by atoms with Crippen LogP contribution in [0.1, 0.15) is 24.8 Å². The smallest absolute Gasteiger partial charge is 0.220 e. The van der Waals surface area contributed by atoms with Gasteiger partial charge in [0.05, 0.1) is 6.61 Å². The minimum Gasteiger partial charge on any atom is -0.383 e. The van der Waals surface area contributed by atoms with E-state index in [1.54, 1.807) is 7.11 Å². The van der Waals surface area contributed by atoms with Gasteiger partial charge in [0.1, 0.15) is 0 Å². The lowest BCUT2D eigenvalue weighted by atomic mass is 9.98. The second-order valence-electron chi connectivity index (χ2n) is 4.61. The largest absolute Gasteiger partial charge is 0.383 e. The molecule has 0 heterocycles. The molecule has 1 atom stereocenters. The van der Waals surface area contributed by atoms with Gasteiger partial charge in [0.25, 0.3) is 0 Å². The van der Waals surface area contributed by atoms with E-state index in [2.05, 4.69) is 29.7 Å². The molecular formula is C15H24N2O2. The third-order valence-corrected chi connectivity index (χ3v) is 2.97. The monoisotopic (exact) mass is 264 g/mol. The number of hydrogen-bond donors (Lipinski definition) is 2. The molecule has 4 nitrogen and oxygen atoms in total. The van der Waals surface area contributed by atoms with Crippen LogP contribution in [0.5, 0.6) is 0 Å². The number of rotatable bonds is 9. The molecule has 1 unspecified atom stereocenters. The van der Waals surface area contributed by atoms with E-state index >= 15 is 0 Å². The van der Waals surface area contributed by atoms with Crippen molar-refractivity contribution in [1.82, 2.24) is 10.6 Å². The molecular weight excluding hydrogens is 240 g/mol. The minimum absolute atomic E-state index is 0.102. The van der Waals surface area contributed by atoms with Gasteiger partial charge in [0, 0.05) is 33.2 Å². The Labute approximate surface area is 115 Å². The third kappa shape index (κ3) is 6.94. The molecule has 0 aliphatic rings. The van der Waals surface area contributed by atoms with Crippen molar-refractivity contribution in [1.29, 1.82) is 0 Å². The van der Waals surface area contributed by atoms with Crippen molar-refractivity contribution in [2.45, 2.75) is 19.3 Å². The molecule has 0 aliphatic carbocycles. The molecule has 0 fully saturated rings. The van der Waals surface area contributed by atoms with Gasteiger partial charge in [-0.3, -0.25) is 4.79 Å².